The molecule has 1 aromatic rings. The van der Waals surface area contributed by atoms with E-state index in [0.29, 0.717) is 5.02 Å². The lowest BCUT2D eigenvalue weighted by Crippen LogP contribution is -2.38. The molecule has 5 heteroatoms. The Labute approximate surface area is 113 Å². The van der Waals surface area contributed by atoms with Gasteiger partial charge in [-0.25, -0.2) is 0 Å². The molecule has 3 nitrogen and oxygen atoms in total. The van der Waals surface area contributed by atoms with Gasteiger partial charge in [-0.2, -0.15) is 0 Å². The topological polar surface area (TPSA) is 41.3 Å². The molecule has 0 heterocycles. The number of hydrazine groups is 1. The van der Waals surface area contributed by atoms with Crippen molar-refractivity contribution in [2.45, 2.75) is 18.9 Å². The first-order chi connectivity index (χ1) is 8.02. The molecule has 0 aliphatic carbocycles. The Bertz CT molecular complexity index is 356. The SMILES string of the molecule is CN(C)CCC(Cc1cc(Cl)ccc1Cl)NN. The molecule has 0 saturated heterocycles. The van der Waals surface area contributed by atoms with Gasteiger partial charge in [-0.15, -0.1) is 0 Å². The number of nitrogens with one attached hydrogen (secondary N) is 1. The maximum absolute atomic E-state index is 6.12. The lowest BCUT2D eigenvalue weighted by Gasteiger charge is -2.19. The molecule has 17 heavy (non-hydrogen) atoms. The van der Waals surface area contributed by atoms with E-state index in [9.17, 15) is 0 Å². The quantitative estimate of drug-likeness (QED) is 0.619. The van der Waals surface area contributed by atoms with Crippen LogP contribution in [0.15, 0.2) is 18.2 Å². The van der Waals surface area contributed by atoms with E-state index in [1.165, 1.54) is 0 Å². The Morgan fingerprint density at radius 3 is 2.65 bits per heavy atom. The van der Waals surface area contributed by atoms with E-state index in [-0.39, 0.29) is 6.04 Å². The Hall–Kier alpha value is -0.320. The van der Waals surface area contributed by atoms with Crippen LogP contribution in [0.25, 0.3) is 0 Å². The van der Waals surface area contributed by atoms with E-state index in [0.717, 1.165) is 30.0 Å². The van der Waals surface area contributed by atoms with Gasteiger partial charge < -0.3 is 4.90 Å². The second kappa shape index (κ2) is 7.19. The summed E-state index contributed by atoms with van der Waals surface area (Å²) >= 11 is 12.1. The van der Waals surface area contributed by atoms with Crippen LogP contribution in [0.5, 0.6) is 0 Å². The molecule has 0 radical (unpaired) electrons. The Kier molecular flexibility index (Phi) is 6.23. The number of nitrogens with two attached hydrogens (primary N) is 1. The number of hydrogen-bond acceptors (Lipinski definition) is 3. The van der Waals surface area contributed by atoms with E-state index in [4.69, 9.17) is 29.0 Å². The van der Waals surface area contributed by atoms with Crippen molar-refractivity contribution in [2.75, 3.05) is 20.6 Å². The zero-order valence-electron chi connectivity index (χ0n) is 10.2. The highest BCUT2D eigenvalue weighted by atomic mass is 35.5. The molecule has 96 valence electrons. The van der Waals surface area contributed by atoms with Crippen molar-refractivity contribution in [3.05, 3.63) is 33.8 Å². The van der Waals surface area contributed by atoms with Crippen molar-refractivity contribution in [2.24, 2.45) is 5.84 Å². The first kappa shape index (κ1) is 14.7. The summed E-state index contributed by atoms with van der Waals surface area (Å²) in [6.45, 7) is 0.979. The maximum Gasteiger partial charge on any atom is 0.0439 e. The average Bonchev–Trinajstić information content (AvgIpc) is 2.28. The van der Waals surface area contributed by atoms with Gasteiger partial charge in [0.25, 0.3) is 0 Å². The molecule has 0 aliphatic heterocycles. The van der Waals surface area contributed by atoms with Crippen molar-refractivity contribution in [3.63, 3.8) is 0 Å². The molecule has 1 unspecified atom stereocenters. The first-order valence-corrected chi connectivity index (χ1v) is 6.33. The van der Waals surface area contributed by atoms with Crippen LogP contribution < -0.4 is 11.3 Å². The summed E-state index contributed by atoms with van der Waals surface area (Å²) < 4.78 is 0. The van der Waals surface area contributed by atoms with Gasteiger partial charge >= 0.3 is 0 Å². The highest BCUT2D eigenvalue weighted by molar-refractivity contribution is 6.33. The van der Waals surface area contributed by atoms with Crippen LogP contribution >= 0.6 is 23.2 Å². The summed E-state index contributed by atoms with van der Waals surface area (Å²) in [5.74, 6) is 5.55. The van der Waals surface area contributed by atoms with Crippen molar-refractivity contribution in [1.82, 2.24) is 10.3 Å². The van der Waals surface area contributed by atoms with E-state index in [1.807, 2.05) is 26.2 Å². The van der Waals surface area contributed by atoms with Crippen molar-refractivity contribution >= 4 is 23.2 Å². The third-order valence-corrected chi connectivity index (χ3v) is 3.24. The van der Waals surface area contributed by atoms with Gasteiger partial charge in [0.1, 0.15) is 0 Å². The summed E-state index contributed by atoms with van der Waals surface area (Å²) in [5.41, 5.74) is 3.85. The molecule has 0 aromatic heterocycles. The summed E-state index contributed by atoms with van der Waals surface area (Å²) in [4.78, 5) is 2.13. The third-order valence-electron chi connectivity index (χ3n) is 2.63. The fourth-order valence-corrected chi connectivity index (χ4v) is 2.01. The Morgan fingerprint density at radius 1 is 1.35 bits per heavy atom. The van der Waals surface area contributed by atoms with Gasteiger partial charge in [-0.1, -0.05) is 23.2 Å². The first-order valence-electron chi connectivity index (χ1n) is 5.57. The van der Waals surface area contributed by atoms with Crippen LogP contribution in [0.1, 0.15) is 12.0 Å². The molecule has 0 amide bonds. The highest BCUT2D eigenvalue weighted by Gasteiger charge is 2.11. The number of hydrogen-bond donors (Lipinski definition) is 2. The fourth-order valence-electron chi connectivity index (χ4n) is 1.62. The minimum atomic E-state index is 0.202. The Morgan fingerprint density at radius 2 is 2.06 bits per heavy atom. The summed E-state index contributed by atoms with van der Waals surface area (Å²) in [7, 11) is 4.08. The molecule has 1 aromatic carbocycles. The minimum absolute atomic E-state index is 0.202. The molecule has 0 fully saturated rings. The van der Waals surface area contributed by atoms with Crippen LogP contribution in [0, 0.1) is 0 Å². The van der Waals surface area contributed by atoms with Gasteiger partial charge in [0.2, 0.25) is 0 Å². The van der Waals surface area contributed by atoms with Crippen LogP contribution in [0.3, 0.4) is 0 Å². The third kappa shape index (κ3) is 5.23. The predicted molar refractivity (Wildman–Crippen MR) is 74.4 cm³/mol. The zero-order chi connectivity index (χ0) is 12.8. The second-order valence-corrected chi connectivity index (χ2v) is 5.24. The summed E-state index contributed by atoms with van der Waals surface area (Å²) in [5, 5.41) is 1.44. The van der Waals surface area contributed by atoms with Gasteiger partial charge in [0, 0.05) is 16.1 Å². The number of rotatable bonds is 6. The molecule has 1 rings (SSSR count). The highest BCUT2D eigenvalue weighted by Crippen LogP contribution is 2.22. The lowest BCUT2D eigenvalue weighted by molar-refractivity contribution is 0.358. The average molecular weight is 276 g/mol. The van der Waals surface area contributed by atoms with Crippen molar-refractivity contribution < 1.29 is 0 Å². The smallest absolute Gasteiger partial charge is 0.0439 e. The molecule has 3 N–H and O–H groups in total. The molecule has 1 atom stereocenters. The van der Waals surface area contributed by atoms with Crippen molar-refractivity contribution in [3.8, 4) is 0 Å². The van der Waals surface area contributed by atoms with Crippen molar-refractivity contribution in [1.29, 1.82) is 0 Å². The van der Waals surface area contributed by atoms with E-state index < -0.39 is 0 Å². The van der Waals surface area contributed by atoms with E-state index in [2.05, 4.69) is 10.3 Å². The van der Waals surface area contributed by atoms with E-state index in [1.54, 1.807) is 6.07 Å². The minimum Gasteiger partial charge on any atom is -0.309 e. The van der Waals surface area contributed by atoms with E-state index >= 15 is 0 Å². The molecular weight excluding hydrogens is 257 g/mol. The molecule has 0 aliphatic rings. The zero-order valence-corrected chi connectivity index (χ0v) is 11.7. The second-order valence-electron chi connectivity index (χ2n) is 4.40. The van der Waals surface area contributed by atoms with Crippen LogP contribution in [-0.2, 0) is 6.42 Å². The number of halogens is 2. The van der Waals surface area contributed by atoms with Gasteiger partial charge in [0.05, 0.1) is 0 Å². The van der Waals surface area contributed by atoms with Gasteiger partial charge in [-0.05, 0) is 57.2 Å². The van der Waals surface area contributed by atoms with Gasteiger partial charge in [0.15, 0.2) is 0 Å². The van der Waals surface area contributed by atoms with Crippen LogP contribution in [-0.4, -0.2) is 31.6 Å². The molecule has 0 saturated carbocycles. The lowest BCUT2D eigenvalue weighted by atomic mass is 10.0. The van der Waals surface area contributed by atoms with Crippen LogP contribution in [0.2, 0.25) is 10.0 Å². The number of benzene rings is 1. The maximum atomic E-state index is 6.12. The fraction of sp³-hybridized carbons (Fsp3) is 0.500. The number of nitrogens with zero attached hydrogens (tertiary/aromatic N) is 1. The predicted octanol–water partition coefficient (Wildman–Crippen LogP) is 2.32. The van der Waals surface area contributed by atoms with Gasteiger partial charge in [-0.3, -0.25) is 11.3 Å². The normalized spacial score (nSPS) is 13.1. The van der Waals surface area contributed by atoms with Crippen LogP contribution in [0.4, 0.5) is 0 Å². The monoisotopic (exact) mass is 275 g/mol. The molecule has 0 bridgehead atoms. The molecular formula is C12H19Cl2N3. The Balaban J connectivity index is 2.63. The molecule has 0 spiro atoms. The summed E-state index contributed by atoms with van der Waals surface area (Å²) in [6.07, 6.45) is 1.75. The summed E-state index contributed by atoms with van der Waals surface area (Å²) in [6, 6.07) is 5.70. The largest absolute Gasteiger partial charge is 0.309 e. The standard InChI is InChI=1S/C12H19Cl2N3/c1-17(2)6-5-11(16-15)8-9-7-10(13)3-4-12(9)14/h3-4,7,11,16H,5-6,8,15H2,1-2H3.